The summed E-state index contributed by atoms with van der Waals surface area (Å²) in [5, 5.41) is 3.10. The summed E-state index contributed by atoms with van der Waals surface area (Å²) in [6, 6.07) is 14.8. The molecule has 0 saturated heterocycles. The van der Waals surface area contributed by atoms with E-state index in [-0.39, 0.29) is 18.1 Å². The van der Waals surface area contributed by atoms with E-state index < -0.39 is 17.6 Å². The maximum Gasteiger partial charge on any atom is 0.416 e. The smallest absolute Gasteiger partial charge is 0.416 e. The number of halogens is 3. The van der Waals surface area contributed by atoms with Crippen LogP contribution in [0.5, 0.6) is 0 Å². The number of benzene rings is 2. The van der Waals surface area contributed by atoms with Crippen molar-refractivity contribution < 1.29 is 22.4 Å². The summed E-state index contributed by atoms with van der Waals surface area (Å²) < 4.78 is 42.9. The van der Waals surface area contributed by atoms with Crippen molar-refractivity contribution in [1.29, 1.82) is 0 Å². The van der Waals surface area contributed by atoms with Gasteiger partial charge in [-0.15, -0.1) is 0 Å². The summed E-state index contributed by atoms with van der Waals surface area (Å²) in [4.78, 5) is 15.9. The summed E-state index contributed by atoms with van der Waals surface area (Å²) in [5.74, 6) is -0.546. The largest absolute Gasteiger partial charge is 0.459 e. The van der Waals surface area contributed by atoms with Crippen LogP contribution in [0.1, 0.15) is 27.2 Å². The van der Waals surface area contributed by atoms with Crippen LogP contribution in [-0.4, -0.2) is 11.7 Å². The minimum Gasteiger partial charge on any atom is -0.459 e. The third-order valence-corrected chi connectivity index (χ3v) is 3.92. The zero-order valence-electron chi connectivity index (χ0n) is 14.5. The van der Waals surface area contributed by atoms with E-state index in [4.69, 9.17) is 10.2 Å². The molecule has 3 aromatic rings. The number of para-hydroxylation sites is 1. The molecule has 28 heavy (non-hydrogen) atoms. The molecule has 2 aromatic carbocycles. The predicted octanol–water partition coefficient (Wildman–Crippen LogP) is 4.46. The van der Waals surface area contributed by atoms with E-state index in [2.05, 4.69) is 10.3 Å². The molecule has 0 spiro atoms. The van der Waals surface area contributed by atoms with Crippen molar-refractivity contribution in [2.45, 2.75) is 12.7 Å². The van der Waals surface area contributed by atoms with Crippen LogP contribution in [0.4, 0.5) is 18.9 Å². The Bertz CT molecular complexity index is 979. The molecule has 0 aliphatic carbocycles. The Morgan fingerprint density at radius 3 is 2.39 bits per heavy atom. The lowest BCUT2D eigenvalue weighted by Gasteiger charge is -2.12. The van der Waals surface area contributed by atoms with Gasteiger partial charge in [0.1, 0.15) is 5.84 Å². The van der Waals surface area contributed by atoms with Crippen LogP contribution in [0, 0.1) is 0 Å². The zero-order chi connectivity index (χ0) is 20.1. The summed E-state index contributed by atoms with van der Waals surface area (Å²) in [6.45, 7) is 0.272. The fraction of sp³-hybridized carbons (Fsp3) is 0.100. The van der Waals surface area contributed by atoms with E-state index in [9.17, 15) is 18.0 Å². The van der Waals surface area contributed by atoms with Gasteiger partial charge in [0, 0.05) is 17.8 Å². The number of carbonyl (C=O) groups excluding carboxylic acids is 1. The predicted molar refractivity (Wildman–Crippen MR) is 99.0 cm³/mol. The quantitative estimate of drug-likeness (QED) is 0.500. The van der Waals surface area contributed by atoms with Gasteiger partial charge in [-0.3, -0.25) is 4.79 Å². The minimum atomic E-state index is -4.37. The van der Waals surface area contributed by atoms with Gasteiger partial charge >= 0.3 is 12.1 Å². The van der Waals surface area contributed by atoms with E-state index >= 15 is 0 Å². The van der Waals surface area contributed by atoms with Crippen LogP contribution in [0.25, 0.3) is 0 Å². The maximum absolute atomic E-state index is 12.6. The molecular formula is C20H16F3N3O2. The Morgan fingerprint density at radius 1 is 1.04 bits per heavy atom. The summed E-state index contributed by atoms with van der Waals surface area (Å²) in [7, 11) is 0. The molecular weight excluding hydrogens is 371 g/mol. The van der Waals surface area contributed by atoms with Gasteiger partial charge < -0.3 is 15.5 Å². The highest BCUT2D eigenvalue weighted by atomic mass is 19.4. The normalized spacial score (nSPS) is 12.0. The second-order valence-corrected chi connectivity index (χ2v) is 5.87. The molecule has 144 valence electrons. The number of hydrogen-bond acceptors (Lipinski definition) is 3. The number of nitrogens with two attached hydrogens (primary N) is 1. The topological polar surface area (TPSA) is 80.6 Å². The van der Waals surface area contributed by atoms with Gasteiger partial charge in [-0.1, -0.05) is 24.3 Å². The van der Waals surface area contributed by atoms with Crippen molar-refractivity contribution in [3.8, 4) is 0 Å². The van der Waals surface area contributed by atoms with Crippen LogP contribution < -0.4 is 11.1 Å². The van der Waals surface area contributed by atoms with Gasteiger partial charge in [0.15, 0.2) is 5.76 Å². The Labute approximate surface area is 158 Å². The first-order chi connectivity index (χ1) is 13.3. The third kappa shape index (κ3) is 4.59. The molecule has 1 amide bonds. The number of nitrogens with one attached hydrogen (secondary N) is 1. The van der Waals surface area contributed by atoms with Gasteiger partial charge in [-0.2, -0.15) is 18.2 Å². The van der Waals surface area contributed by atoms with Crippen molar-refractivity contribution in [2.75, 3.05) is 5.32 Å². The van der Waals surface area contributed by atoms with E-state index in [1.165, 1.54) is 24.5 Å². The fourth-order valence-electron chi connectivity index (χ4n) is 2.49. The molecule has 8 heteroatoms. The van der Waals surface area contributed by atoms with Crippen molar-refractivity contribution in [3.05, 3.63) is 89.4 Å². The molecule has 0 unspecified atom stereocenters. The standard InChI is InChI=1S/C20H16F3N3O2/c21-20(22,23)14-9-7-13(8-10-14)12-25-16-5-2-1-4-15(16)18(24)26-19(27)17-6-3-11-28-17/h1-11,25H,12H2,(H2,24,26,27). The van der Waals surface area contributed by atoms with Crippen LogP contribution in [0.3, 0.4) is 0 Å². The summed E-state index contributed by atoms with van der Waals surface area (Å²) >= 11 is 0. The molecule has 0 radical (unpaired) electrons. The first kappa shape index (κ1) is 19.2. The molecule has 5 nitrogen and oxygen atoms in total. The second kappa shape index (κ2) is 7.99. The van der Waals surface area contributed by atoms with E-state index in [0.29, 0.717) is 16.8 Å². The Balaban J connectivity index is 1.74. The number of carbonyl (C=O) groups is 1. The van der Waals surface area contributed by atoms with Crippen LogP contribution in [0.15, 0.2) is 76.3 Å². The molecule has 0 aliphatic heterocycles. The van der Waals surface area contributed by atoms with Crippen molar-refractivity contribution in [1.82, 2.24) is 0 Å². The molecule has 0 saturated carbocycles. The number of rotatable bonds is 5. The molecule has 3 N–H and O–H groups in total. The number of furan rings is 1. The van der Waals surface area contributed by atoms with Crippen molar-refractivity contribution in [3.63, 3.8) is 0 Å². The molecule has 0 aliphatic rings. The van der Waals surface area contributed by atoms with E-state index in [1.807, 2.05) is 0 Å². The lowest BCUT2D eigenvalue weighted by atomic mass is 10.1. The summed E-state index contributed by atoms with van der Waals surface area (Å²) in [6.07, 6.45) is -3.01. The van der Waals surface area contributed by atoms with Gasteiger partial charge in [-0.25, -0.2) is 0 Å². The Kier molecular flexibility index (Phi) is 5.49. The number of amides is 1. The minimum absolute atomic E-state index is 0.00285. The molecule has 1 heterocycles. The molecule has 3 rings (SSSR count). The monoisotopic (exact) mass is 387 g/mol. The van der Waals surface area contributed by atoms with E-state index in [0.717, 1.165) is 12.1 Å². The van der Waals surface area contributed by atoms with Gasteiger partial charge in [0.05, 0.1) is 11.8 Å². The highest BCUT2D eigenvalue weighted by Crippen LogP contribution is 2.29. The summed E-state index contributed by atoms with van der Waals surface area (Å²) in [5.41, 5.74) is 7.00. The number of anilines is 1. The van der Waals surface area contributed by atoms with Gasteiger partial charge in [0.25, 0.3) is 0 Å². The molecule has 0 fully saturated rings. The highest BCUT2D eigenvalue weighted by molar-refractivity contribution is 6.10. The lowest BCUT2D eigenvalue weighted by Crippen LogP contribution is -2.18. The van der Waals surface area contributed by atoms with Crippen LogP contribution in [0.2, 0.25) is 0 Å². The van der Waals surface area contributed by atoms with Crippen LogP contribution >= 0.6 is 0 Å². The Hall–Kier alpha value is -3.55. The highest BCUT2D eigenvalue weighted by Gasteiger charge is 2.29. The van der Waals surface area contributed by atoms with E-state index in [1.54, 1.807) is 30.3 Å². The number of amidine groups is 1. The molecule has 0 atom stereocenters. The van der Waals surface area contributed by atoms with Gasteiger partial charge in [0.2, 0.25) is 0 Å². The number of hydrogen-bond donors (Lipinski definition) is 2. The number of aliphatic imine (C=N–C) groups is 1. The van der Waals surface area contributed by atoms with Crippen LogP contribution in [-0.2, 0) is 12.7 Å². The number of nitrogens with zero attached hydrogens (tertiary/aromatic N) is 1. The molecule has 1 aromatic heterocycles. The third-order valence-electron chi connectivity index (χ3n) is 3.92. The average Bonchev–Trinajstić information content (AvgIpc) is 3.21. The number of alkyl halides is 3. The SMILES string of the molecule is NC(=NC(=O)c1ccco1)c1ccccc1NCc1ccc(C(F)(F)F)cc1. The lowest BCUT2D eigenvalue weighted by molar-refractivity contribution is -0.137. The fourth-order valence-corrected chi connectivity index (χ4v) is 2.49. The van der Waals surface area contributed by atoms with Crippen molar-refractivity contribution in [2.24, 2.45) is 10.7 Å². The molecule has 0 bridgehead atoms. The zero-order valence-corrected chi connectivity index (χ0v) is 14.5. The first-order valence-corrected chi connectivity index (χ1v) is 8.26. The Morgan fingerprint density at radius 2 is 1.75 bits per heavy atom. The van der Waals surface area contributed by atoms with Crippen molar-refractivity contribution >= 4 is 17.4 Å². The van der Waals surface area contributed by atoms with Gasteiger partial charge in [-0.05, 0) is 42.0 Å². The average molecular weight is 387 g/mol. The second-order valence-electron chi connectivity index (χ2n) is 5.87. The first-order valence-electron chi connectivity index (χ1n) is 8.26. The maximum atomic E-state index is 12.6.